The lowest BCUT2D eigenvalue weighted by Gasteiger charge is -2.17. The summed E-state index contributed by atoms with van der Waals surface area (Å²) in [5.74, 6) is 0.689. The Morgan fingerprint density at radius 1 is 0.404 bits per heavy atom. The molecule has 3 heterocycles. The standard InChI is InChI=1S/C48H31N3S/c1-4-16-32(17-5-1)37-26-15-27-40-45-38-24-10-12-28-43(38)52-44-29-13-11-25-39(44)47(45)51(46(37)40)36-23-14-22-35(30-36)48-49-41(33-18-6-2-7-19-33)31-42(50-48)34-20-8-3-9-21-34/h1-31H. The van der Waals surface area contributed by atoms with E-state index < -0.39 is 0 Å². The molecule has 4 heteroatoms. The average Bonchev–Trinajstić information content (AvgIpc) is 3.49. The highest BCUT2D eigenvalue weighted by Gasteiger charge is 2.29. The van der Waals surface area contributed by atoms with Gasteiger partial charge in [0, 0.05) is 54.2 Å². The van der Waals surface area contributed by atoms with Gasteiger partial charge in [0.1, 0.15) is 0 Å². The second-order valence-electron chi connectivity index (χ2n) is 13.0. The number of benzene rings is 7. The Morgan fingerprint density at radius 2 is 0.923 bits per heavy atom. The van der Waals surface area contributed by atoms with Crippen LogP contribution < -0.4 is 0 Å². The fourth-order valence-corrected chi connectivity index (χ4v) is 8.56. The van der Waals surface area contributed by atoms with Gasteiger partial charge in [0.2, 0.25) is 0 Å². The number of rotatable bonds is 5. The van der Waals surface area contributed by atoms with Gasteiger partial charge in [-0.3, -0.25) is 0 Å². The molecule has 9 aromatic rings. The van der Waals surface area contributed by atoms with Gasteiger partial charge in [-0.15, -0.1) is 0 Å². The van der Waals surface area contributed by atoms with Gasteiger partial charge in [-0.2, -0.15) is 0 Å². The van der Waals surface area contributed by atoms with Gasteiger partial charge in [-0.1, -0.05) is 169 Å². The van der Waals surface area contributed by atoms with E-state index in [0.29, 0.717) is 5.82 Å². The second-order valence-corrected chi connectivity index (χ2v) is 14.0. The summed E-state index contributed by atoms with van der Waals surface area (Å²) in [6.07, 6.45) is 0. The van der Waals surface area contributed by atoms with E-state index in [4.69, 9.17) is 9.97 Å². The maximum atomic E-state index is 5.19. The van der Waals surface area contributed by atoms with Crippen LogP contribution in [0.25, 0.3) is 84.0 Å². The Kier molecular flexibility index (Phi) is 7.40. The molecule has 7 aromatic carbocycles. The van der Waals surface area contributed by atoms with Crippen molar-refractivity contribution in [1.82, 2.24) is 14.5 Å². The van der Waals surface area contributed by atoms with Crippen LogP contribution in [0.5, 0.6) is 0 Å². The quantitative estimate of drug-likeness (QED) is 0.181. The molecule has 0 spiro atoms. The lowest BCUT2D eigenvalue weighted by molar-refractivity contribution is 1.12. The number of hydrogen-bond acceptors (Lipinski definition) is 3. The molecule has 2 aromatic heterocycles. The first kappa shape index (κ1) is 30.3. The van der Waals surface area contributed by atoms with Crippen molar-refractivity contribution in [3.05, 3.63) is 188 Å². The molecule has 0 saturated heterocycles. The third-order valence-electron chi connectivity index (χ3n) is 9.82. The van der Waals surface area contributed by atoms with Crippen molar-refractivity contribution in [2.75, 3.05) is 0 Å². The third kappa shape index (κ3) is 5.15. The molecule has 0 fully saturated rings. The summed E-state index contributed by atoms with van der Waals surface area (Å²) in [4.78, 5) is 12.9. The number of fused-ring (bicyclic) bond motifs is 7. The van der Waals surface area contributed by atoms with E-state index in [0.717, 1.165) is 33.8 Å². The molecule has 1 aliphatic heterocycles. The average molecular weight is 682 g/mol. The van der Waals surface area contributed by atoms with Crippen molar-refractivity contribution in [1.29, 1.82) is 0 Å². The van der Waals surface area contributed by atoms with E-state index in [-0.39, 0.29) is 0 Å². The van der Waals surface area contributed by atoms with Crippen LogP contribution in [-0.4, -0.2) is 14.5 Å². The van der Waals surface area contributed by atoms with Crippen LogP contribution >= 0.6 is 11.8 Å². The SMILES string of the molecule is c1ccc(-c2cc(-c3ccccc3)nc(-c3cccc(-n4c5c(c6cccc(-c7ccccc7)c64)-c4ccccc4Sc4ccccc4-5)c3)n2)cc1. The predicted octanol–water partition coefficient (Wildman–Crippen LogP) is 12.9. The number of aromatic nitrogens is 3. The maximum absolute atomic E-state index is 5.19. The topological polar surface area (TPSA) is 30.7 Å². The van der Waals surface area contributed by atoms with Crippen molar-refractivity contribution in [3.63, 3.8) is 0 Å². The summed E-state index contributed by atoms with van der Waals surface area (Å²) in [7, 11) is 0. The van der Waals surface area contributed by atoms with Crippen molar-refractivity contribution in [2.24, 2.45) is 0 Å². The molecule has 0 amide bonds. The molecule has 0 N–H and O–H groups in total. The molecule has 10 rings (SSSR count). The second kappa shape index (κ2) is 12.7. The normalized spacial score (nSPS) is 11.8. The van der Waals surface area contributed by atoms with Crippen LogP contribution in [-0.2, 0) is 0 Å². The lowest BCUT2D eigenvalue weighted by Crippen LogP contribution is -2.01. The van der Waals surface area contributed by atoms with Crippen LogP contribution in [0, 0.1) is 0 Å². The van der Waals surface area contributed by atoms with Gasteiger partial charge in [-0.05, 0) is 41.5 Å². The van der Waals surface area contributed by atoms with Crippen molar-refractivity contribution < 1.29 is 0 Å². The highest BCUT2D eigenvalue weighted by molar-refractivity contribution is 7.99. The minimum absolute atomic E-state index is 0.689. The van der Waals surface area contributed by atoms with Gasteiger partial charge in [0.05, 0.1) is 22.6 Å². The molecule has 1 aliphatic rings. The van der Waals surface area contributed by atoms with Gasteiger partial charge < -0.3 is 4.57 Å². The summed E-state index contributed by atoms with van der Waals surface area (Å²) in [6, 6.07) is 66.7. The van der Waals surface area contributed by atoms with Crippen LogP contribution in [0.3, 0.4) is 0 Å². The smallest absolute Gasteiger partial charge is 0.160 e. The van der Waals surface area contributed by atoms with Gasteiger partial charge >= 0.3 is 0 Å². The molecule has 0 aliphatic carbocycles. The van der Waals surface area contributed by atoms with Crippen molar-refractivity contribution in [3.8, 4) is 73.1 Å². The Bertz CT molecular complexity index is 2690. The summed E-state index contributed by atoms with van der Waals surface area (Å²) >= 11 is 1.84. The highest BCUT2D eigenvalue weighted by Crippen LogP contribution is 2.53. The van der Waals surface area contributed by atoms with Crippen LogP contribution in [0.4, 0.5) is 0 Å². The first-order chi connectivity index (χ1) is 25.8. The Balaban J connectivity index is 1.28. The molecular weight excluding hydrogens is 651 g/mol. The zero-order chi connectivity index (χ0) is 34.4. The number of para-hydroxylation sites is 1. The van der Waals surface area contributed by atoms with E-state index in [9.17, 15) is 0 Å². The van der Waals surface area contributed by atoms with Crippen LogP contribution in [0.15, 0.2) is 198 Å². The minimum Gasteiger partial charge on any atom is -0.308 e. The summed E-state index contributed by atoms with van der Waals surface area (Å²) in [5, 5.41) is 1.22. The largest absolute Gasteiger partial charge is 0.308 e. The molecule has 244 valence electrons. The maximum Gasteiger partial charge on any atom is 0.160 e. The van der Waals surface area contributed by atoms with E-state index in [1.54, 1.807) is 0 Å². The monoisotopic (exact) mass is 681 g/mol. The van der Waals surface area contributed by atoms with E-state index in [2.05, 4.69) is 180 Å². The zero-order valence-electron chi connectivity index (χ0n) is 28.1. The molecule has 0 atom stereocenters. The van der Waals surface area contributed by atoms with Gasteiger partial charge in [0.25, 0.3) is 0 Å². The third-order valence-corrected chi connectivity index (χ3v) is 11.0. The molecule has 0 unspecified atom stereocenters. The molecule has 0 bridgehead atoms. The van der Waals surface area contributed by atoms with E-state index >= 15 is 0 Å². The first-order valence-electron chi connectivity index (χ1n) is 17.5. The van der Waals surface area contributed by atoms with Crippen molar-refractivity contribution in [2.45, 2.75) is 9.79 Å². The van der Waals surface area contributed by atoms with Crippen LogP contribution in [0.2, 0.25) is 0 Å². The van der Waals surface area contributed by atoms with Crippen molar-refractivity contribution >= 4 is 22.7 Å². The lowest BCUT2D eigenvalue weighted by atomic mass is 9.96. The zero-order valence-corrected chi connectivity index (χ0v) is 29.0. The molecule has 0 radical (unpaired) electrons. The van der Waals surface area contributed by atoms with Crippen LogP contribution in [0.1, 0.15) is 0 Å². The fraction of sp³-hybridized carbons (Fsp3) is 0. The van der Waals surface area contributed by atoms with E-state index in [1.807, 2.05) is 23.9 Å². The predicted molar refractivity (Wildman–Crippen MR) is 216 cm³/mol. The summed E-state index contributed by atoms with van der Waals surface area (Å²) in [6.45, 7) is 0. The highest BCUT2D eigenvalue weighted by atomic mass is 32.2. The molecule has 3 nitrogen and oxygen atoms in total. The Hall–Kier alpha value is -6.49. The molecule has 52 heavy (non-hydrogen) atoms. The fourth-order valence-electron chi connectivity index (χ4n) is 7.48. The summed E-state index contributed by atoms with van der Waals surface area (Å²) in [5.41, 5.74) is 14.4. The van der Waals surface area contributed by atoms with E-state index in [1.165, 1.54) is 54.2 Å². The minimum atomic E-state index is 0.689. The first-order valence-corrected chi connectivity index (χ1v) is 18.3. The Labute approximate surface area is 306 Å². The van der Waals surface area contributed by atoms with Gasteiger partial charge in [0.15, 0.2) is 5.82 Å². The Morgan fingerprint density at radius 3 is 1.60 bits per heavy atom. The van der Waals surface area contributed by atoms with Gasteiger partial charge in [-0.25, -0.2) is 9.97 Å². The molecule has 0 saturated carbocycles. The number of nitrogens with zero attached hydrogens (tertiary/aromatic N) is 3. The summed E-state index contributed by atoms with van der Waals surface area (Å²) < 4.78 is 2.48. The molecular formula is C48H31N3S. The number of hydrogen-bond donors (Lipinski definition) is 0.